The molecule has 0 radical (unpaired) electrons. The highest BCUT2D eigenvalue weighted by Gasteiger charge is 2.36. The number of unbranched alkanes of at least 4 members (excludes halogenated alkanes) is 7. The van der Waals surface area contributed by atoms with Crippen molar-refractivity contribution in [2.45, 2.75) is 64.0 Å². The van der Waals surface area contributed by atoms with Crippen molar-refractivity contribution >= 4 is 5.97 Å². The SMILES string of the molecule is CCCCCCCCCCOC(=O)C1C=CC=CC1(N)O. The van der Waals surface area contributed by atoms with Crippen molar-refractivity contribution < 1.29 is 14.6 Å². The lowest BCUT2D eigenvalue weighted by molar-refractivity contribution is -0.153. The second kappa shape index (κ2) is 9.74. The van der Waals surface area contributed by atoms with Crippen LogP contribution < -0.4 is 5.73 Å². The van der Waals surface area contributed by atoms with Gasteiger partial charge in [-0.15, -0.1) is 0 Å². The third-order valence-corrected chi connectivity index (χ3v) is 3.77. The van der Waals surface area contributed by atoms with Crippen LogP contribution in [0.4, 0.5) is 0 Å². The van der Waals surface area contributed by atoms with E-state index in [0.29, 0.717) is 6.61 Å². The number of hydrogen-bond acceptors (Lipinski definition) is 4. The molecule has 0 spiro atoms. The van der Waals surface area contributed by atoms with E-state index in [0.717, 1.165) is 12.8 Å². The van der Waals surface area contributed by atoms with Gasteiger partial charge in [0.15, 0.2) is 0 Å². The van der Waals surface area contributed by atoms with E-state index >= 15 is 0 Å². The van der Waals surface area contributed by atoms with E-state index in [1.54, 1.807) is 18.2 Å². The molecule has 1 rings (SSSR count). The number of allylic oxidation sites excluding steroid dienone is 2. The summed E-state index contributed by atoms with van der Waals surface area (Å²) in [4.78, 5) is 11.9. The zero-order chi connectivity index (χ0) is 15.6. The maximum Gasteiger partial charge on any atom is 0.317 e. The van der Waals surface area contributed by atoms with Crippen LogP contribution in [0, 0.1) is 5.92 Å². The average Bonchev–Trinajstić information content (AvgIpc) is 2.45. The Bertz CT molecular complexity index is 361. The molecule has 1 aliphatic carbocycles. The molecule has 4 nitrogen and oxygen atoms in total. The number of nitrogens with two attached hydrogens (primary N) is 1. The van der Waals surface area contributed by atoms with Crippen LogP contribution in [0.3, 0.4) is 0 Å². The van der Waals surface area contributed by atoms with Gasteiger partial charge in [0.05, 0.1) is 6.61 Å². The molecule has 0 aromatic carbocycles. The minimum atomic E-state index is -1.63. The Kier molecular flexibility index (Phi) is 8.31. The first-order valence-electron chi connectivity index (χ1n) is 8.12. The fourth-order valence-corrected chi connectivity index (χ4v) is 2.41. The van der Waals surface area contributed by atoms with E-state index in [1.807, 2.05) is 0 Å². The predicted molar refractivity (Wildman–Crippen MR) is 84.5 cm³/mol. The molecule has 120 valence electrons. The van der Waals surface area contributed by atoms with Crippen LogP contribution in [0.15, 0.2) is 24.3 Å². The van der Waals surface area contributed by atoms with Gasteiger partial charge in [0.25, 0.3) is 0 Å². The van der Waals surface area contributed by atoms with Gasteiger partial charge in [0, 0.05) is 0 Å². The number of hydrogen-bond donors (Lipinski definition) is 2. The second-order valence-corrected chi connectivity index (χ2v) is 5.75. The number of esters is 1. The fraction of sp³-hybridized carbons (Fsp3) is 0.706. The minimum Gasteiger partial charge on any atom is -0.465 e. The molecule has 0 saturated carbocycles. The average molecular weight is 295 g/mol. The summed E-state index contributed by atoms with van der Waals surface area (Å²) in [6.45, 7) is 2.62. The number of aliphatic hydroxyl groups is 1. The summed E-state index contributed by atoms with van der Waals surface area (Å²) in [6, 6.07) is 0. The van der Waals surface area contributed by atoms with Crippen molar-refractivity contribution in [3.05, 3.63) is 24.3 Å². The van der Waals surface area contributed by atoms with Gasteiger partial charge in [-0.2, -0.15) is 0 Å². The van der Waals surface area contributed by atoms with E-state index in [4.69, 9.17) is 10.5 Å². The quantitative estimate of drug-likeness (QED) is 0.369. The Morgan fingerprint density at radius 3 is 2.38 bits per heavy atom. The highest BCUT2D eigenvalue weighted by Crippen LogP contribution is 2.21. The largest absolute Gasteiger partial charge is 0.465 e. The van der Waals surface area contributed by atoms with Crippen LogP contribution >= 0.6 is 0 Å². The molecule has 0 fully saturated rings. The maximum atomic E-state index is 11.9. The van der Waals surface area contributed by atoms with Crippen molar-refractivity contribution in [3.8, 4) is 0 Å². The third-order valence-electron chi connectivity index (χ3n) is 3.77. The fourth-order valence-electron chi connectivity index (χ4n) is 2.41. The van der Waals surface area contributed by atoms with Gasteiger partial charge in [-0.1, -0.05) is 70.1 Å². The summed E-state index contributed by atoms with van der Waals surface area (Å²) in [5, 5.41) is 9.89. The summed E-state index contributed by atoms with van der Waals surface area (Å²) >= 11 is 0. The standard InChI is InChI=1S/C17H29NO3/c1-2-3-4-5-6-7-8-11-14-21-16(19)15-12-9-10-13-17(15,18)20/h9-10,12-13,15,20H,2-8,11,14,18H2,1H3. The van der Waals surface area contributed by atoms with Gasteiger partial charge in [0.1, 0.15) is 11.6 Å². The van der Waals surface area contributed by atoms with Crippen LogP contribution in [0.1, 0.15) is 58.3 Å². The Balaban J connectivity index is 2.06. The molecule has 4 heteroatoms. The molecule has 1 aliphatic rings. The van der Waals surface area contributed by atoms with Gasteiger partial charge >= 0.3 is 5.97 Å². The van der Waals surface area contributed by atoms with Crippen molar-refractivity contribution in [1.82, 2.24) is 0 Å². The van der Waals surface area contributed by atoms with Crippen molar-refractivity contribution in [1.29, 1.82) is 0 Å². The van der Waals surface area contributed by atoms with E-state index in [2.05, 4.69) is 6.92 Å². The Morgan fingerprint density at radius 2 is 1.76 bits per heavy atom. The van der Waals surface area contributed by atoms with Gasteiger partial charge in [-0.05, 0) is 12.5 Å². The minimum absolute atomic E-state index is 0.401. The Hall–Kier alpha value is -1.13. The van der Waals surface area contributed by atoms with Crippen LogP contribution in [0.25, 0.3) is 0 Å². The molecule has 0 saturated heterocycles. The van der Waals surface area contributed by atoms with Crippen LogP contribution in [-0.4, -0.2) is 23.4 Å². The number of carbonyl (C=O) groups excluding carboxylic acids is 1. The van der Waals surface area contributed by atoms with Crippen LogP contribution in [0.5, 0.6) is 0 Å². The number of rotatable bonds is 10. The maximum absolute atomic E-state index is 11.9. The van der Waals surface area contributed by atoms with E-state index < -0.39 is 17.6 Å². The Labute approximate surface area is 128 Å². The van der Waals surface area contributed by atoms with Crippen LogP contribution in [0.2, 0.25) is 0 Å². The van der Waals surface area contributed by atoms with E-state index in [9.17, 15) is 9.90 Å². The zero-order valence-corrected chi connectivity index (χ0v) is 13.1. The molecule has 0 bridgehead atoms. The Morgan fingerprint density at radius 1 is 1.14 bits per heavy atom. The molecule has 0 aliphatic heterocycles. The van der Waals surface area contributed by atoms with Gasteiger partial charge in [-0.3, -0.25) is 10.5 Å². The van der Waals surface area contributed by atoms with Crippen molar-refractivity contribution in [2.75, 3.05) is 6.61 Å². The van der Waals surface area contributed by atoms with E-state index in [1.165, 1.54) is 44.6 Å². The van der Waals surface area contributed by atoms with Gasteiger partial charge in [0.2, 0.25) is 0 Å². The molecule has 0 heterocycles. The molecule has 2 unspecified atom stereocenters. The lowest BCUT2D eigenvalue weighted by atomic mass is 9.92. The normalized spacial score (nSPS) is 24.2. The molecule has 0 aromatic heterocycles. The summed E-state index contributed by atoms with van der Waals surface area (Å²) in [6.07, 6.45) is 15.9. The molecule has 21 heavy (non-hydrogen) atoms. The smallest absolute Gasteiger partial charge is 0.317 e. The van der Waals surface area contributed by atoms with Crippen molar-refractivity contribution in [3.63, 3.8) is 0 Å². The first kappa shape index (κ1) is 17.9. The molecular weight excluding hydrogens is 266 g/mol. The van der Waals surface area contributed by atoms with Gasteiger partial charge in [-0.25, -0.2) is 0 Å². The number of ether oxygens (including phenoxy) is 1. The summed E-state index contributed by atoms with van der Waals surface area (Å²) in [5.41, 5.74) is 4.02. The number of carbonyl (C=O) groups is 1. The highest BCUT2D eigenvalue weighted by molar-refractivity contribution is 5.76. The molecule has 0 amide bonds. The second-order valence-electron chi connectivity index (χ2n) is 5.75. The molecular formula is C17H29NO3. The monoisotopic (exact) mass is 295 g/mol. The predicted octanol–water partition coefficient (Wildman–Crippen LogP) is 3.06. The lowest BCUT2D eigenvalue weighted by Crippen LogP contribution is -2.49. The molecule has 3 N–H and O–H groups in total. The van der Waals surface area contributed by atoms with Crippen LogP contribution in [-0.2, 0) is 9.53 Å². The summed E-state index contributed by atoms with van der Waals surface area (Å²) < 4.78 is 5.20. The zero-order valence-electron chi connectivity index (χ0n) is 13.1. The first-order chi connectivity index (χ1) is 10.1. The van der Waals surface area contributed by atoms with E-state index in [-0.39, 0.29) is 0 Å². The molecule has 2 atom stereocenters. The third kappa shape index (κ3) is 6.91. The van der Waals surface area contributed by atoms with Gasteiger partial charge < -0.3 is 9.84 Å². The summed E-state index contributed by atoms with van der Waals surface area (Å²) in [7, 11) is 0. The first-order valence-corrected chi connectivity index (χ1v) is 8.12. The topological polar surface area (TPSA) is 72.5 Å². The molecule has 0 aromatic rings. The lowest BCUT2D eigenvalue weighted by Gasteiger charge is -2.27. The highest BCUT2D eigenvalue weighted by atomic mass is 16.5. The summed E-state index contributed by atoms with van der Waals surface area (Å²) in [5.74, 6) is -1.26. The van der Waals surface area contributed by atoms with Crippen molar-refractivity contribution in [2.24, 2.45) is 11.7 Å².